The van der Waals surface area contributed by atoms with Crippen molar-refractivity contribution in [3.8, 4) is 0 Å². The van der Waals surface area contributed by atoms with Crippen molar-refractivity contribution in [1.29, 1.82) is 0 Å². The van der Waals surface area contributed by atoms with Crippen LogP contribution in [0.25, 0.3) is 10.9 Å². The molecule has 0 aliphatic rings. The van der Waals surface area contributed by atoms with Crippen LogP contribution in [-0.2, 0) is 6.54 Å². The summed E-state index contributed by atoms with van der Waals surface area (Å²) >= 11 is 1.64. The molecule has 96 valence electrons. The lowest BCUT2D eigenvalue weighted by Crippen LogP contribution is -2.05. The van der Waals surface area contributed by atoms with Crippen LogP contribution in [0.2, 0.25) is 0 Å². The first-order valence-corrected chi connectivity index (χ1v) is 6.77. The normalized spacial score (nSPS) is 10.8. The predicted octanol–water partition coefficient (Wildman–Crippen LogP) is 2.59. The number of para-hydroxylation sites is 1. The van der Waals surface area contributed by atoms with Crippen LogP contribution in [0.5, 0.6) is 0 Å². The molecule has 0 aliphatic heterocycles. The molecule has 0 fully saturated rings. The van der Waals surface area contributed by atoms with E-state index in [1.54, 1.807) is 11.3 Å². The van der Waals surface area contributed by atoms with E-state index in [9.17, 15) is 0 Å². The minimum absolute atomic E-state index is 0.274. The molecule has 19 heavy (non-hydrogen) atoms. The quantitative estimate of drug-likeness (QED) is 0.765. The zero-order valence-electron chi connectivity index (χ0n) is 10.4. The van der Waals surface area contributed by atoms with Crippen molar-refractivity contribution >= 4 is 34.0 Å². The standard InChI is InChI=1S/C13H13N5S/c1-8-16-9(7-19-8)6-15-12-10-4-2-3-5-11(10)17-13(14)18-12/h2-5,7H,6H2,1H3,(H3,14,15,17,18). The van der Waals surface area contributed by atoms with E-state index in [1.165, 1.54) is 0 Å². The number of nitrogens with two attached hydrogens (primary N) is 1. The highest BCUT2D eigenvalue weighted by atomic mass is 32.1. The average Bonchev–Trinajstić information content (AvgIpc) is 2.81. The molecule has 3 aromatic rings. The number of benzene rings is 1. The van der Waals surface area contributed by atoms with E-state index in [2.05, 4.69) is 20.3 Å². The SMILES string of the molecule is Cc1nc(CNc2nc(N)nc3ccccc23)cs1. The molecule has 0 amide bonds. The molecule has 0 saturated carbocycles. The van der Waals surface area contributed by atoms with Crippen molar-refractivity contribution in [3.05, 3.63) is 40.3 Å². The van der Waals surface area contributed by atoms with E-state index in [4.69, 9.17) is 5.73 Å². The third kappa shape index (κ3) is 2.48. The molecule has 2 heterocycles. The molecule has 6 heteroatoms. The molecule has 0 bridgehead atoms. The lowest BCUT2D eigenvalue weighted by Gasteiger charge is -2.08. The van der Waals surface area contributed by atoms with Gasteiger partial charge >= 0.3 is 0 Å². The summed E-state index contributed by atoms with van der Waals surface area (Å²) in [6, 6.07) is 7.79. The van der Waals surface area contributed by atoms with Gasteiger partial charge in [-0.25, -0.2) is 9.97 Å². The number of nitrogen functional groups attached to an aromatic ring is 1. The van der Waals surface area contributed by atoms with E-state index in [-0.39, 0.29) is 5.95 Å². The summed E-state index contributed by atoms with van der Waals surface area (Å²) in [6.07, 6.45) is 0. The third-order valence-electron chi connectivity index (χ3n) is 2.72. The molecule has 0 aliphatic carbocycles. The van der Waals surface area contributed by atoms with Crippen LogP contribution in [0, 0.1) is 6.92 Å². The van der Waals surface area contributed by atoms with Gasteiger partial charge in [-0.15, -0.1) is 11.3 Å². The zero-order chi connectivity index (χ0) is 13.2. The van der Waals surface area contributed by atoms with Crippen LogP contribution in [0.4, 0.5) is 11.8 Å². The van der Waals surface area contributed by atoms with Crippen LogP contribution < -0.4 is 11.1 Å². The first-order valence-electron chi connectivity index (χ1n) is 5.89. The Kier molecular flexibility index (Phi) is 3.00. The lowest BCUT2D eigenvalue weighted by molar-refractivity contribution is 1.04. The van der Waals surface area contributed by atoms with Crippen LogP contribution in [0.1, 0.15) is 10.7 Å². The van der Waals surface area contributed by atoms with Gasteiger partial charge in [0.05, 0.1) is 22.8 Å². The Labute approximate surface area is 114 Å². The summed E-state index contributed by atoms with van der Waals surface area (Å²) in [4.78, 5) is 12.9. The van der Waals surface area contributed by atoms with E-state index in [0.717, 1.165) is 27.4 Å². The third-order valence-corrected chi connectivity index (χ3v) is 3.55. The molecular formula is C13H13N5S. The topological polar surface area (TPSA) is 76.7 Å². The number of nitrogens with zero attached hydrogens (tertiary/aromatic N) is 3. The van der Waals surface area contributed by atoms with Gasteiger partial charge < -0.3 is 11.1 Å². The van der Waals surface area contributed by atoms with Gasteiger partial charge in [0.2, 0.25) is 5.95 Å². The number of hydrogen-bond acceptors (Lipinski definition) is 6. The second-order valence-electron chi connectivity index (χ2n) is 4.16. The Bertz CT molecular complexity index is 722. The number of nitrogens with one attached hydrogen (secondary N) is 1. The van der Waals surface area contributed by atoms with E-state index in [0.29, 0.717) is 6.54 Å². The maximum atomic E-state index is 5.72. The molecule has 5 nitrogen and oxygen atoms in total. The molecule has 2 aromatic heterocycles. The Morgan fingerprint density at radius 2 is 2.05 bits per heavy atom. The Balaban J connectivity index is 1.91. The van der Waals surface area contributed by atoms with Crippen molar-refractivity contribution in [2.24, 2.45) is 0 Å². The molecule has 0 spiro atoms. The molecule has 3 rings (SSSR count). The molecular weight excluding hydrogens is 258 g/mol. The number of fused-ring (bicyclic) bond motifs is 1. The fourth-order valence-electron chi connectivity index (χ4n) is 1.89. The van der Waals surface area contributed by atoms with Crippen LogP contribution in [0.15, 0.2) is 29.6 Å². The van der Waals surface area contributed by atoms with Crippen LogP contribution >= 0.6 is 11.3 Å². The highest BCUT2D eigenvalue weighted by Gasteiger charge is 2.06. The second-order valence-corrected chi connectivity index (χ2v) is 5.22. The Hall–Kier alpha value is -2.21. The highest BCUT2D eigenvalue weighted by Crippen LogP contribution is 2.21. The predicted molar refractivity (Wildman–Crippen MR) is 78.1 cm³/mol. The maximum Gasteiger partial charge on any atom is 0.222 e. The second kappa shape index (κ2) is 4.81. The number of rotatable bonds is 3. The minimum atomic E-state index is 0.274. The van der Waals surface area contributed by atoms with E-state index < -0.39 is 0 Å². The minimum Gasteiger partial charge on any atom is -0.368 e. The maximum absolute atomic E-state index is 5.72. The van der Waals surface area contributed by atoms with Crippen molar-refractivity contribution in [2.75, 3.05) is 11.1 Å². The van der Waals surface area contributed by atoms with Crippen LogP contribution in [0.3, 0.4) is 0 Å². The van der Waals surface area contributed by atoms with E-state index >= 15 is 0 Å². The van der Waals surface area contributed by atoms with Gasteiger partial charge in [0.1, 0.15) is 5.82 Å². The van der Waals surface area contributed by atoms with Crippen molar-refractivity contribution < 1.29 is 0 Å². The summed E-state index contributed by atoms with van der Waals surface area (Å²) in [5.41, 5.74) is 7.57. The summed E-state index contributed by atoms with van der Waals surface area (Å²) in [5, 5.41) is 7.33. The summed E-state index contributed by atoms with van der Waals surface area (Å²) in [5.74, 6) is 1.02. The average molecular weight is 271 g/mol. The highest BCUT2D eigenvalue weighted by molar-refractivity contribution is 7.09. The number of anilines is 2. The number of aryl methyl sites for hydroxylation is 1. The number of hydrogen-bond donors (Lipinski definition) is 2. The summed E-state index contributed by atoms with van der Waals surface area (Å²) in [6.45, 7) is 2.62. The van der Waals surface area contributed by atoms with Crippen molar-refractivity contribution in [1.82, 2.24) is 15.0 Å². The van der Waals surface area contributed by atoms with Gasteiger partial charge in [-0.3, -0.25) is 0 Å². The molecule has 0 atom stereocenters. The first-order chi connectivity index (χ1) is 9.22. The molecule has 3 N–H and O–H groups in total. The van der Waals surface area contributed by atoms with Gasteiger partial charge in [-0.1, -0.05) is 12.1 Å². The molecule has 1 aromatic carbocycles. The van der Waals surface area contributed by atoms with Crippen LogP contribution in [-0.4, -0.2) is 15.0 Å². The zero-order valence-corrected chi connectivity index (χ0v) is 11.2. The molecule has 0 radical (unpaired) electrons. The smallest absolute Gasteiger partial charge is 0.222 e. The van der Waals surface area contributed by atoms with Gasteiger partial charge in [0, 0.05) is 10.8 Å². The van der Waals surface area contributed by atoms with Gasteiger partial charge in [0.25, 0.3) is 0 Å². The fourth-order valence-corrected chi connectivity index (χ4v) is 2.51. The van der Waals surface area contributed by atoms with Gasteiger partial charge in [0.15, 0.2) is 0 Å². The molecule has 0 unspecified atom stereocenters. The van der Waals surface area contributed by atoms with E-state index in [1.807, 2.05) is 36.6 Å². The first kappa shape index (κ1) is 11.9. The van der Waals surface area contributed by atoms with Gasteiger partial charge in [-0.2, -0.15) is 4.98 Å². The number of aromatic nitrogens is 3. The largest absolute Gasteiger partial charge is 0.368 e. The van der Waals surface area contributed by atoms with Gasteiger partial charge in [-0.05, 0) is 19.1 Å². The van der Waals surface area contributed by atoms with Crippen molar-refractivity contribution in [2.45, 2.75) is 13.5 Å². The lowest BCUT2D eigenvalue weighted by atomic mass is 10.2. The summed E-state index contributed by atoms with van der Waals surface area (Å²) < 4.78 is 0. The molecule has 0 saturated heterocycles. The Morgan fingerprint density at radius 1 is 1.21 bits per heavy atom. The fraction of sp³-hybridized carbons (Fsp3) is 0.154. The number of thiazole rings is 1. The van der Waals surface area contributed by atoms with Crippen molar-refractivity contribution in [3.63, 3.8) is 0 Å². The monoisotopic (exact) mass is 271 g/mol. The Morgan fingerprint density at radius 3 is 2.84 bits per heavy atom. The summed E-state index contributed by atoms with van der Waals surface area (Å²) in [7, 11) is 0.